The lowest BCUT2D eigenvalue weighted by atomic mass is 10.2. The molecule has 1 fully saturated rings. The zero-order valence-electron chi connectivity index (χ0n) is 11.1. The summed E-state index contributed by atoms with van der Waals surface area (Å²) in [5, 5.41) is 0. The minimum Gasteiger partial charge on any atom is -0.368 e. The van der Waals surface area contributed by atoms with Crippen LogP contribution in [0, 0.1) is 11.6 Å². The van der Waals surface area contributed by atoms with Crippen molar-refractivity contribution in [3.63, 3.8) is 0 Å². The second-order valence-electron chi connectivity index (χ2n) is 4.93. The van der Waals surface area contributed by atoms with E-state index >= 15 is 0 Å². The Labute approximate surface area is 117 Å². The molecule has 104 valence electrons. The van der Waals surface area contributed by atoms with Crippen LogP contribution in [0.1, 0.15) is 0 Å². The fourth-order valence-electron chi connectivity index (χ4n) is 2.57. The molecule has 0 atom stereocenters. The van der Waals surface area contributed by atoms with Crippen molar-refractivity contribution in [3.05, 3.63) is 60.2 Å². The first-order valence-corrected chi connectivity index (χ1v) is 6.73. The van der Waals surface area contributed by atoms with Crippen LogP contribution in [-0.2, 0) is 0 Å². The SMILES string of the molecule is Fc1cccc(N2CCN(c3cccc(F)c3)CC2)c1. The average molecular weight is 274 g/mol. The van der Waals surface area contributed by atoms with E-state index < -0.39 is 0 Å². The van der Waals surface area contributed by atoms with Crippen LogP contribution >= 0.6 is 0 Å². The Balaban J connectivity index is 1.68. The molecule has 4 heteroatoms. The maximum atomic E-state index is 13.2. The third-order valence-corrected chi connectivity index (χ3v) is 3.63. The third kappa shape index (κ3) is 2.74. The van der Waals surface area contributed by atoms with Gasteiger partial charge in [-0.2, -0.15) is 0 Å². The molecule has 0 saturated carbocycles. The summed E-state index contributed by atoms with van der Waals surface area (Å²) in [5.74, 6) is -0.426. The van der Waals surface area contributed by atoms with Gasteiger partial charge >= 0.3 is 0 Å². The molecule has 0 spiro atoms. The topological polar surface area (TPSA) is 6.48 Å². The minimum atomic E-state index is -0.213. The highest BCUT2D eigenvalue weighted by Gasteiger charge is 2.18. The van der Waals surface area contributed by atoms with E-state index in [9.17, 15) is 8.78 Å². The van der Waals surface area contributed by atoms with E-state index in [1.54, 1.807) is 24.3 Å². The fourth-order valence-corrected chi connectivity index (χ4v) is 2.57. The van der Waals surface area contributed by atoms with Crippen LogP contribution in [0.3, 0.4) is 0 Å². The van der Waals surface area contributed by atoms with Gasteiger partial charge in [0.05, 0.1) is 0 Å². The van der Waals surface area contributed by atoms with Gasteiger partial charge in [0, 0.05) is 37.6 Å². The van der Waals surface area contributed by atoms with Crippen molar-refractivity contribution < 1.29 is 8.78 Å². The Morgan fingerprint density at radius 2 is 1.05 bits per heavy atom. The monoisotopic (exact) mass is 274 g/mol. The van der Waals surface area contributed by atoms with Crippen molar-refractivity contribution in [2.24, 2.45) is 0 Å². The van der Waals surface area contributed by atoms with Gasteiger partial charge in [-0.1, -0.05) is 12.1 Å². The second-order valence-corrected chi connectivity index (χ2v) is 4.93. The number of benzene rings is 2. The molecule has 0 bridgehead atoms. The third-order valence-electron chi connectivity index (χ3n) is 3.63. The predicted molar refractivity (Wildman–Crippen MR) is 77.2 cm³/mol. The molecule has 20 heavy (non-hydrogen) atoms. The lowest BCUT2D eigenvalue weighted by Crippen LogP contribution is -2.46. The van der Waals surface area contributed by atoms with Crippen LogP contribution in [0.2, 0.25) is 0 Å². The number of halogens is 2. The lowest BCUT2D eigenvalue weighted by Gasteiger charge is -2.37. The first-order chi connectivity index (χ1) is 9.72. The summed E-state index contributed by atoms with van der Waals surface area (Å²) in [6, 6.07) is 13.3. The molecule has 0 aliphatic carbocycles. The summed E-state index contributed by atoms with van der Waals surface area (Å²) in [6.07, 6.45) is 0. The number of hydrogen-bond acceptors (Lipinski definition) is 2. The van der Waals surface area contributed by atoms with Crippen molar-refractivity contribution in [1.29, 1.82) is 0 Å². The van der Waals surface area contributed by atoms with Gasteiger partial charge in [-0.3, -0.25) is 0 Å². The van der Waals surface area contributed by atoms with Gasteiger partial charge in [0.25, 0.3) is 0 Å². The number of anilines is 2. The average Bonchev–Trinajstić information content (AvgIpc) is 2.47. The molecule has 1 aliphatic heterocycles. The number of piperazine rings is 1. The van der Waals surface area contributed by atoms with Crippen molar-refractivity contribution in [2.75, 3.05) is 36.0 Å². The van der Waals surface area contributed by atoms with Gasteiger partial charge in [-0.15, -0.1) is 0 Å². The summed E-state index contributed by atoms with van der Waals surface area (Å²) < 4.78 is 26.5. The van der Waals surface area contributed by atoms with E-state index in [4.69, 9.17) is 0 Å². The van der Waals surface area contributed by atoms with Crippen LogP contribution in [0.15, 0.2) is 48.5 Å². The Morgan fingerprint density at radius 3 is 1.40 bits per heavy atom. The molecule has 1 saturated heterocycles. The first kappa shape index (κ1) is 12.9. The largest absolute Gasteiger partial charge is 0.368 e. The highest BCUT2D eigenvalue weighted by molar-refractivity contribution is 5.51. The Hall–Kier alpha value is -2.10. The van der Waals surface area contributed by atoms with Gasteiger partial charge in [-0.05, 0) is 36.4 Å². The number of hydrogen-bond donors (Lipinski definition) is 0. The molecule has 3 rings (SSSR count). The molecule has 0 unspecified atom stereocenters. The molecule has 2 aromatic rings. The van der Waals surface area contributed by atoms with Crippen molar-refractivity contribution >= 4 is 11.4 Å². The van der Waals surface area contributed by atoms with Gasteiger partial charge in [0.15, 0.2) is 0 Å². The molecule has 1 aliphatic rings. The fraction of sp³-hybridized carbons (Fsp3) is 0.250. The van der Waals surface area contributed by atoms with Crippen molar-refractivity contribution in [3.8, 4) is 0 Å². The van der Waals surface area contributed by atoms with Gasteiger partial charge in [0.1, 0.15) is 11.6 Å². The maximum absolute atomic E-state index is 13.2. The van der Waals surface area contributed by atoms with E-state index in [2.05, 4.69) is 9.80 Å². The quantitative estimate of drug-likeness (QED) is 0.829. The van der Waals surface area contributed by atoms with Crippen LogP contribution in [-0.4, -0.2) is 26.2 Å². The van der Waals surface area contributed by atoms with Crippen LogP contribution < -0.4 is 9.80 Å². The molecule has 0 radical (unpaired) electrons. The highest BCUT2D eigenvalue weighted by atomic mass is 19.1. The van der Waals surface area contributed by atoms with E-state index in [0.29, 0.717) is 0 Å². The van der Waals surface area contributed by atoms with Crippen LogP contribution in [0.4, 0.5) is 20.2 Å². The smallest absolute Gasteiger partial charge is 0.125 e. The van der Waals surface area contributed by atoms with Gasteiger partial charge < -0.3 is 9.80 Å². The van der Waals surface area contributed by atoms with Crippen LogP contribution in [0.5, 0.6) is 0 Å². The molecule has 2 nitrogen and oxygen atoms in total. The van der Waals surface area contributed by atoms with E-state index in [1.165, 1.54) is 12.1 Å². The summed E-state index contributed by atoms with van der Waals surface area (Å²) >= 11 is 0. The summed E-state index contributed by atoms with van der Waals surface area (Å²) in [7, 11) is 0. The maximum Gasteiger partial charge on any atom is 0.125 e. The zero-order valence-corrected chi connectivity index (χ0v) is 11.1. The van der Waals surface area contributed by atoms with Crippen LogP contribution in [0.25, 0.3) is 0 Å². The lowest BCUT2D eigenvalue weighted by molar-refractivity contribution is 0.615. The summed E-state index contributed by atoms with van der Waals surface area (Å²) in [5.41, 5.74) is 1.81. The van der Waals surface area contributed by atoms with Crippen molar-refractivity contribution in [1.82, 2.24) is 0 Å². The molecule has 0 aromatic heterocycles. The highest BCUT2D eigenvalue weighted by Crippen LogP contribution is 2.21. The van der Waals surface area contributed by atoms with E-state index in [1.807, 2.05) is 12.1 Å². The number of rotatable bonds is 2. The molecular formula is C16H16F2N2. The normalized spacial score (nSPS) is 15.5. The van der Waals surface area contributed by atoms with Gasteiger partial charge in [0.2, 0.25) is 0 Å². The minimum absolute atomic E-state index is 0.213. The summed E-state index contributed by atoms with van der Waals surface area (Å²) in [6.45, 7) is 3.22. The Bertz CT molecular complexity index is 539. The second kappa shape index (κ2) is 5.49. The summed E-state index contributed by atoms with van der Waals surface area (Å²) in [4.78, 5) is 4.30. The zero-order chi connectivity index (χ0) is 13.9. The Morgan fingerprint density at radius 1 is 0.650 bits per heavy atom. The van der Waals surface area contributed by atoms with E-state index in [0.717, 1.165) is 37.6 Å². The molecule has 0 amide bonds. The first-order valence-electron chi connectivity index (χ1n) is 6.73. The molecule has 0 N–H and O–H groups in total. The molecular weight excluding hydrogens is 258 g/mol. The Kier molecular flexibility index (Phi) is 3.54. The predicted octanol–water partition coefficient (Wildman–Crippen LogP) is 3.29. The molecule has 1 heterocycles. The van der Waals surface area contributed by atoms with Gasteiger partial charge in [-0.25, -0.2) is 8.78 Å². The molecule has 2 aromatic carbocycles. The number of nitrogens with zero attached hydrogens (tertiary/aromatic N) is 2. The standard InChI is InChI=1S/C16H16F2N2/c17-13-3-1-5-15(11-13)19-7-9-20(10-8-19)16-6-2-4-14(18)12-16/h1-6,11-12H,7-10H2. The van der Waals surface area contributed by atoms with Crippen molar-refractivity contribution in [2.45, 2.75) is 0 Å². The van der Waals surface area contributed by atoms with E-state index in [-0.39, 0.29) is 11.6 Å².